The monoisotopic (exact) mass is 389 g/mol. The van der Waals surface area contributed by atoms with Crippen LogP contribution in [-0.4, -0.2) is 13.2 Å². The molecule has 0 heterocycles. The molecule has 0 fully saturated rings. The van der Waals surface area contributed by atoms with Gasteiger partial charge >= 0.3 is 0 Å². The summed E-state index contributed by atoms with van der Waals surface area (Å²) in [5, 5.41) is 3.30. The summed E-state index contributed by atoms with van der Waals surface area (Å²) < 4.78 is 12.7. The van der Waals surface area contributed by atoms with E-state index < -0.39 is 0 Å². The third kappa shape index (κ3) is 5.39. The zero-order valence-electron chi connectivity index (χ0n) is 14.3. The Kier molecular flexibility index (Phi) is 7.35. The van der Waals surface area contributed by atoms with E-state index in [1.807, 2.05) is 19.1 Å². The number of ether oxygens (including phenoxy) is 2. The first-order valence-corrected chi connectivity index (χ1v) is 8.88. The minimum atomic E-state index is 0.507. The Morgan fingerprint density at radius 1 is 1.12 bits per heavy atom. The maximum Gasteiger partial charge on any atom is 0.175 e. The molecule has 0 aromatic heterocycles. The number of hydrogen-bond acceptors (Lipinski definition) is 3. The van der Waals surface area contributed by atoms with Gasteiger partial charge in [0.1, 0.15) is 6.61 Å². The fourth-order valence-corrected chi connectivity index (χ4v) is 2.89. The lowest BCUT2D eigenvalue weighted by atomic mass is 10.1. The highest BCUT2D eigenvalue weighted by Gasteiger charge is 2.12. The molecule has 0 bridgehead atoms. The van der Waals surface area contributed by atoms with Crippen LogP contribution in [0.2, 0.25) is 0 Å². The Labute approximate surface area is 152 Å². The minimum absolute atomic E-state index is 0.507. The molecular formula is C20H24BrNO2. The van der Waals surface area contributed by atoms with E-state index in [9.17, 15) is 0 Å². The minimum Gasteiger partial charge on any atom is -0.490 e. The smallest absolute Gasteiger partial charge is 0.175 e. The second kappa shape index (κ2) is 9.50. The van der Waals surface area contributed by atoms with Crippen LogP contribution < -0.4 is 14.8 Å². The first-order valence-electron chi connectivity index (χ1n) is 8.09. The molecule has 0 aliphatic heterocycles. The SMILES string of the molecule is C=CCNCc1cc(Br)c(OCc2ccc(C)cc2)c(OCC)c1. The molecule has 2 aromatic rings. The maximum atomic E-state index is 6.02. The number of rotatable bonds is 9. The van der Waals surface area contributed by atoms with Gasteiger partial charge in [0, 0.05) is 13.1 Å². The van der Waals surface area contributed by atoms with E-state index >= 15 is 0 Å². The second-order valence-electron chi connectivity index (χ2n) is 5.53. The summed E-state index contributed by atoms with van der Waals surface area (Å²) in [6.45, 7) is 10.4. The first-order chi connectivity index (χ1) is 11.6. The summed E-state index contributed by atoms with van der Waals surface area (Å²) in [6, 6.07) is 12.4. The largest absolute Gasteiger partial charge is 0.490 e. The summed E-state index contributed by atoms with van der Waals surface area (Å²) in [5.41, 5.74) is 3.51. The van der Waals surface area contributed by atoms with Crippen LogP contribution in [-0.2, 0) is 13.2 Å². The van der Waals surface area contributed by atoms with Crippen molar-refractivity contribution in [3.63, 3.8) is 0 Å². The summed E-state index contributed by atoms with van der Waals surface area (Å²) in [6.07, 6.45) is 1.84. The van der Waals surface area contributed by atoms with E-state index in [1.54, 1.807) is 0 Å². The van der Waals surface area contributed by atoms with E-state index in [0.29, 0.717) is 13.2 Å². The predicted molar refractivity (Wildman–Crippen MR) is 103 cm³/mol. The summed E-state index contributed by atoms with van der Waals surface area (Å²) >= 11 is 3.61. The average molecular weight is 390 g/mol. The highest BCUT2D eigenvalue weighted by molar-refractivity contribution is 9.10. The molecule has 0 spiro atoms. The molecule has 0 unspecified atom stereocenters. The number of nitrogens with one attached hydrogen (secondary N) is 1. The summed E-state index contributed by atoms with van der Waals surface area (Å²) in [4.78, 5) is 0. The van der Waals surface area contributed by atoms with Gasteiger partial charge in [0.25, 0.3) is 0 Å². The molecule has 0 amide bonds. The molecule has 0 aliphatic rings. The lowest BCUT2D eigenvalue weighted by Crippen LogP contribution is -2.13. The molecule has 2 rings (SSSR count). The molecule has 0 saturated carbocycles. The van der Waals surface area contributed by atoms with Gasteiger partial charge in [-0.15, -0.1) is 6.58 Å². The molecule has 128 valence electrons. The van der Waals surface area contributed by atoms with Crippen LogP contribution in [0.4, 0.5) is 0 Å². The third-order valence-electron chi connectivity index (χ3n) is 3.49. The molecule has 4 heteroatoms. The topological polar surface area (TPSA) is 30.5 Å². The van der Waals surface area contributed by atoms with E-state index in [4.69, 9.17) is 9.47 Å². The zero-order valence-corrected chi connectivity index (χ0v) is 15.9. The fraction of sp³-hybridized carbons (Fsp3) is 0.300. The second-order valence-corrected chi connectivity index (χ2v) is 6.39. The molecule has 0 atom stereocenters. The molecule has 0 radical (unpaired) electrons. The van der Waals surface area contributed by atoms with Crippen molar-refractivity contribution in [2.45, 2.75) is 27.0 Å². The van der Waals surface area contributed by atoms with Gasteiger partial charge in [-0.1, -0.05) is 35.9 Å². The zero-order chi connectivity index (χ0) is 17.4. The van der Waals surface area contributed by atoms with Crippen molar-refractivity contribution in [2.75, 3.05) is 13.2 Å². The van der Waals surface area contributed by atoms with Gasteiger partial charge in [0.05, 0.1) is 11.1 Å². The summed E-state index contributed by atoms with van der Waals surface area (Å²) in [7, 11) is 0. The number of benzene rings is 2. The Balaban J connectivity index is 2.14. The van der Waals surface area contributed by atoms with Gasteiger partial charge in [-0.25, -0.2) is 0 Å². The normalized spacial score (nSPS) is 10.5. The van der Waals surface area contributed by atoms with Gasteiger partial charge in [-0.3, -0.25) is 0 Å². The standard InChI is InChI=1S/C20H24BrNO2/c1-4-10-22-13-17-11-18(21)20(19(12-17)23-5-2)24-14-16-8-6-15(3)7-9-16/h4,6-9,11-12,22H,1,5,10,13-14H2,2-3H3. The average Bonchev–Trinajstić information content (AvgIpc) is 2.56. The highest BCUT2D eigenvalue weighted by Crippen LogP contribution is 2.37. The number of aryl methyl sites for hydroxylation is 1. The Bertz CT molecular complexity index is 668. The van der Waals surface area contributed by atoms with Crippen LogP contribution in [0.25, 0.3) is 0 Å². The molecular weight excluding hydrogens is 366 g/mol. The van der Waals surface area contributed by atoms with Gasteiger partial charge < -0.3 is 14.8 Å². The Morgan fingerprint density at radius 3 is 2.54 bits per heavy atom. The first kappa shape index (κ1) is 18.6. The van der Waals surface area contributed by atoms with E-state index in [-0.39, 0.29) is 0 Å². The number of halogens is 1. The Morgan fingerprint density at radius 2 is 1.88 bits per heavy atom. The predicted octanol–water partition coefficient (Wildman–Crippen LogP) is 5.01. The van der Waals surface area contributed by atoms with Crippen LogP contribution in [0, 0.1) is 6.92 Å². The lowest BCUT2D eigenvalue weighted by molar-refractivity contribution is 0.267. The van der Waals surface area contributed by atoms with E-state index in [2.05, 4.69) is 65.1 Å². The van der Waals surface area contributed by atoms with Crippen LogP contribution in [0.1, 0.15) is 23.6 Å². The van der Waals surface area contributed by atoms with Crippen molar-refractivity contribution in [1.29, 1.82) is 0 Å². The lowest BCUT2D eigenvalue weighted by Gasteiger charge is -2.16. The van der Waals surface area contributed by atoms with Crippen LogP contribution in [0.5, 0.6) is 11.5 Å². The van der Waals surface area contributed by atoms with Crippen molar-refractivity contribution in [3.05, 3.63) is 70.2 Å². The quantitative estimate of drug-likeness (QED) is 0.482. The van der Waals surface area contributed by atoms with E-state index in [0.717, 1.165) is 40.2 Å². The maximum absolute atomic E-state index is 6.02. The number of hydrogen-bond donors (Lipinski definition) is 1. The van der Waals surface area contributed by atoms with Gasteiger partial charge in [-0.05, 0) is 53.0 Å². The van der Waals surface area contributed by atoms with Crippen LogP contribution in [0.15, 0.2) is 53.5 Å². The van der Waals surface area contributed by atoms with Crippen LogP contribution in [0.3, 0.4) is 0 Å². The molecule has 3 nitrogen and oxygen atoms in total. The van der Waals surface area contributed by atoms with Gasteiger partial charge in [-0.2, -0.15) is 0 Å². The fourth-order valence-electron chi connectivity index (χ4n) is 2.28. The third-order valence-corrected chi connectivity index (χ3v) is 4.08. The van der Waals surface area contributed by atoms with Gasteiger partial charge in [0.2, 0.25) is 0 Å². The van der Waals surface area contributed by atoms with E-state index in [1.165, 1.54) is 5.56 Å². The Hall–Kier alpha value is -1.78. The van der Waals surface area contributed by atoms with Crippen LogP contribution >= 0.6 is 15.9 Å². The van der Waals surface area contributed by atoms with Crippen molar-refractivity contribution < 1.29 is 9.47 Å². The molecule has 1 N–H and O–H groups in total. The molecule has 2 aromatic carbocycles. The summed E-state index contributed by atoms with van der Waals surface area (Å²) in [5.74, 6) is 1.50. The molecule has 0 aliphatic carbocycles. The van der Waals surface area contributed by atoms with Crippen molar-refractivity contribution in [3.8, 4) is 11.5 Å². The van der Waals surface area contributed by atoms with Crippen molar-refractivity contribution >= 4 is 15.9 Å². The molecule has 0 saturated heterocycles. The highest BCUT2D eigenvalue weighted by atomic mass is 79.9. The van der Waals surface area contributed by atoms with Crippen molar-refractivity contribution in [2.24, 2.45) is 0 Å². The van der Waals surface area contributed by atoms with Crippen molar-refractivity contribution in [1.82, 2.24) is 5.32 Å². The molecule has 24 heavy (non-hydrogen) atoms. The van der Waals surface area contributed by atoms with Gasteiger partial charge in [0.15, 0.2) is 11.5 Å².